The molecule has 1 aromatic rings. The van der Waals surface area contributed by atoms with E-state index in [1.807, 2.05) is 5.32 Å². The Bertz CT molecular complexity index is 527. The van der Waals surface area contributed by atoms with Crippen molar-refractivity contribution in [2.24, 2.45) is 11.7 Å². The highest BCUT2D eigenvalue weighted by molar-refractivity contribution is 5.98. The van der Waals surface area contributed by atoms with Gasteiger partial charge in [0.1, 0.15) is 5.75 Å². The van der Waals surface area contributed by atoms with Crippen LogP contribution < -0.4 is 11.1 Å². The maximum Gasteiger partial charge on any atom is 0.339 e. The second kappa shape index (κ2) is 6.55. The first-order valence-electron chi connectivity index (χ1n) is 5.91. The molecule has 0 aliphatic carbocycles. The van der Waals surface area contributed by atoms with Gasteiger partial charge in [0, 0.05) is 0 Å². The Labute approximate surface area is 115 Å². The van der Waals surface area contributed by atoms with Crippen molar-refractivity contribution in [3.05, 3.63) is 29.8 Å². The van der Waals surface area contributed by atoms with Gasteiger partial charge in [-0.2, -0.15) is 0 Å². The molecule has 4 N–H and O–H groups in total. The number of benzene rings is 1. The van der Waals surface area contributed by atoms with Gasteiger partial charge in [-0.05, 0) is 24.1 Å². The normalized spacial score (nSPS) is 11.8. The van der Waals surface area contributed by atoms with Crippen LogP contribution in [-0.4, -0.2) is 29.1 Å². The minimum Gasteiger partial charge on any atom is -0.508 e. The molecular formula is C13H16N2O5. The van der Waals surface area contributed by atoms with Crippen LogP contribution in [0.2, 0.25) is 0 Å². The number of nitrogens with two attached hydrogens (primary N) is 1. The number of hydrogen-bond donors (Lipinski definition) is 3. The van der Waals surface area contributed by atoms with E-state index in [-0.39, 0.29) is 17.2 Å². The summed E-state index contributed by atoms with van der Waals surface area (Å²) < 4.78 is 5.05. The second-order valence-corrected chi connectivity index (χ2v) is 4.47. The van der Waals surface area contributed by atoms with Gasteiger partial charge in [-0.3, -0.25) is 10.1 Å². The highest BCUT2D eigenvalue weighted by Gasteiger charge is 2.27. The van der Waals surface area contributed by atoms with Gasteiger partial charge < -0.3 is 15.6 Å². The van der Waals surface area contributed by atoms with Gasteiger partial charge in [-0.15, -0.1) is 0 Å². The number of carbonyl (C=O) groups excluding carboxylic acids is 3. The van der Waals surface area contributed by atoms with E-state index in [1.54, 1.807) is 13.8 Å². The molecule has 0 aliphatic rings. The van der Waals surface area contributed by atoms with Crippen LogP contribution in [0.25, 0.3) is 0 Å². The third-order valence-electron chi connectivity index (χ3n) is 2.43. The van der Waals surface area contributed by atoms with Crippen molar-refractivity contribution < 1.29 is 24.2 Å². The van der Waals surface area contributed by atoms with Crippen molar-refractivity contribution >= 4 is 17.9 Å². The number of urea groups is 1. The fourth-order valence-electron chi connectivity index (χ4n) is 1.50. The molecule has 0 bridgehead atoms. The molecule has 0 saturated carbocycles. The summed E-state index contributed by atoms with van der Waals surface area (Å²) in [6, 6.07) is 4.50. The molecule has 20 heavy (non-hydrogen) atoms. The molecule has 0 fully saturated rings. The lowest BCUT2D eigenvalue weighted by molar-refractivity contribution is -0.130. The second-order valence-electron chi connectivity index (χ2n) is 4.47. The summed E-state index contributed by atoms with van der Waals surface area (Å²) >= 11 is 0. The number of aromatic hydroxyl groups is 1. The van der Waals surface area contributed by atoms with E-state index in [1.165, 1.54) is 24.3 Å². The Balaban J connectivity index is 2.83. The van der Waals surface area contributed by atoms with Crippen molar-refractivity contribution in [2.75, 3.05) is 0 Å². The van der Waals surface area contributed by atoms with Crippen molar-refractivity contribution in [3.8, 4) is 5.75 Å². The first kappa shape index (κ1) is 15.5. The smallest absolute Gasteiger partial charge is 0.339 e. The van der Waals surface area contributed by atoms with Crippen LogP contribution in [0.4, 0.5) is 4.79 Å². The monoisotopic (exact) mass is 280 g/mol. The number of hydrogen-bond acceptors (Lipinski definition) is 5. The minimum atomic E-state index is -1.16. The number of imide groups is 1. The van der Waals surface area contributed by atoms with Gasteiger partial charge in [-0.25, -0.2) is 9.59 Å². The molecule has 0 radical (unpaired) electrons. The Hall–Kier alpha value is -2.57. The molecule has 0 spiro atoms. The van der Waals surface area contributed by atoms with Gasteiger partial charge in [0.05, 0.1) is 5.56 Å². The maximum atomic E-state index is 11.9. The van der Waals surface area contributed by atoms with Crippen molar-refractivity contribution in [2.45, 2.75) is 20.0 Å². The van der Waals surface area contributed by atoms with E-state index in [0.717, 1.165) is 0 Å². The number of nitrogens with one attached hydrogen (secondary N) is 1. The predicted octanol–water partition coefficient (Wildman–Crippen LogP) is 0.768. The molecule has 1 rings (SSSR count). The highest BCUT2D eigenvalue weighted by atomic mass is 16.5. The molecule has 1 atom stereocenters. The lowest BCUT2D eigenvalue weighted by atomic mass is 10.1. The maximum absolute atomic E-state index is 11.9. The average Bonchev–Trinajstić information content (AvgIpc) is 2.34. The lowest BCUT2D eigenvalue weighted by Gasteiger charge is -2.19. The van der Waals surface area contributed by atoms with E-state index >= 15 is 0 Å². The topological polar surface area (TPSA) is 119 Å². The van der Waals surface area contributed by atoms with Crippen LogP contribution in [0, 0.1) is 5.92 Å². The van der Waals surface area contributed by atoms with Crippen LogP contribution >= 0.6 is 0 Å². The van der Waals surface area contributed by atoms with E-state index in [4.69, 9.17) is 10.5 Å². The van der Waals surface area contributed by atoms with E-state index < -0.39 is 24.0 Å². The van der Waals surface area contributed by atoms with Crippen LogP contribution in [0.5, 0.6) is 5.75 Å². The molecule has 7 nitrogen and oxygen atoms in total. The molecule has 0 unspecified atom stereocenters. The Morgan fingerprint density at radius 1 is 1.30 bits per heavy atom. The average molecular weight is 280 g/mol. The summed E-state index contributed by atoms with van der Waals surface area (Å²) in [6.07, 6.45) is -1.16. The third-order valence-corrected chi connectivity index (χ3v) is 2.43. The first-order chi connectivity index (χ1) is 9.31. The summed E-state index contributed by atoms with van der Waals surface area (Å²) in [6.45, 7) is 3.31. The number of carbonyl (C=O) groups is 3. The molecule has 7 heteroatoms. The predicted molar refractivity (Wildman–Crippen MR) is 69.9 cm³/mol. The van der Waals surface area contributed by atoms with Crippen LogP contribution in [0.15, 0.2) is 24.3 Å². The molecule has 0 aliphatic heterocycles. The van der Waals surface area contributed by atoms with Gasteiger partial charge in [0.2, 0.25) is 0 Å². The fourth-order valence-corrected chi connectivity index (χ4v) is 1.50. The summed E-state index contributed by atoms with van der Waals surface area (Å²) in [5, 5.41) is 11.2. The van der Waals surface area contributed by atoms with Gasteiger partial charge in [-0.1, -0.05) is 19.9 Å². The summed E-state index contributed by atoms with van der Waals surface area (Å²) in [4.78, 5) is 34.2. The van der Waals surface area contributed by atoms with Crippen molar-refractivity contribution in [1.29, 1.82) is 0 Å². The van der Waals surface area contributed by atoms with Gasteiger partial charge >= 0.3 is 12.0 Å². The van der Waals surface area contributed by atoms with E-state index in [2.05, 4.69) is 0 Å². The Morgan fingerprint density at radius 2 is 1.95 bits per heavy atom. The zero-order chi connectivity index (χ0) is 15.3. The minimum absolute atomic E-state index is 0.0952. The quantitative estimate of drug-likeness (QED) is 0.704. The number of esters is 1. The van der Waals surface area contributed by atoms with Crippen molar-refractivity contribution in [3.63, 3.8) is 0 Å². The highest BCUT2D eigenvalue weighted by Crippen LogP contribution is 2.15. The number of phenols is 1. The van der Waals surface area contributed by atoms with Crippen LogP contribution in [0.1, 0.15) is 24.2 Å². The fraction of sp³-hybridized carbons (Fsp3) is 0.308. The molecule has 108 valence electrons. The number of amides is 3. The zero-order valence-corrected chi connectivity index (χ0v) is 11.1. The van der Waals surface area contributed by atoms with E-state index in [9.17, 15) is 19.5 Å². The SMILES string of the molecule is CC(C)[C@H](OC(=O)c1cccc(O)c1)C(=O)NC(N)=O. The van der Waals surface area contributed by atoms with Crippen LogP contribution in [0.3, 0.4) is 0 Å². The number of primary amides is 1. The first-order valence-corrected chi connectivity index (χ1v) is 5.91. The third kappa shape index (κ3) is 4.27. The molecule has 0 saturated heterocycles. The number of phenolic OH excluding ortho intramolecular Hbond substituents is 1. The summed E-state index contributed by atoms with van der Waals surface area (Å²) in [5.74, 6) is -2.02. The number of rotatable bonds is 4. The Kier molecular flexibility index (Phi) is 5.08. The lowest BCUT2D eigenvalue weighted by Crippen LogP contribution is -2.45. The van der Waals surface area contributed by atoms with E-state index in [0.29, 0.717) is 0 Å². The molecule has 3 amide bonds. The Morgan fingerprint density at radius 3 is 2.45 bits per heavy atom. The van der Waals surface area contributed by atoms with Gasteiger partial charge in [0.15, 0.2) is 6.10 Å². The molecule has 1 aromatic carbocycles. The summed E-state index contributed by atoms with van der Waals surface area (Å²) in [5.41, 5.74) is 4.95. The largest absolute Gasteiger partial charge is 0.508 e. The molecule has 0 aromatic heterocycles. The van der Waals surface area contributed by atoms with Gasteiger partial charge in [0.25, 0.3) is 5.91 Å². The van der Waals surface area contributed by atoms with Crippen molar-refractivity contribution in [1.82, 2.24) is 5.32 Å². The molecular weight excluding hydrogens is 264 g/mol. The standard InChI is InChI=1S/C13H16N2O5/c1-7(2)10(11(17)15-13(14)19)20-12(18)8-4-3-5-9(16)6-8/h3-7,10,16H,1-2H3,(H3,14,15,17,19)/t10-/m0/s1. The number of ether oxygens (including phenoxy) is 1. The zero-order valence-electron chi connectivity index (χ0n) is 11.1. The van der Waals surface area contributed by atoms with Crippen LogP contribution in [-0.2, 0) is 9.53 Å². The summed E-state index contributed by atoms with van der Waals surface area (Å²) in [7, 11) is 0. The molecule has 0 heterocycles.